The summed E-state index contributed by atoms with van der Waals surface area (Å²) in [6, 6.07) is 0. The number of methoxy groups -OCH3 is 1. The Labute approximate surface area is 130 Å². The highest BCUT2D eigenvalue weighted by Crippen LogP contribution is 2.64. The Kier molecular flexibility index (Phi) is 4.92. The molecule has 0 aromatic heterocycles. The second-order valence-corrected chi connectivity index (χ2v) is 8.54. The molecule has 0 radical (unpaired) electrons. The standard InChI is InChI=1S/C18H34N2O/c1-17-9-15-8-16(10-17)12-18(11-15,13-17)14-20-5-3-4-19-6-7-21-2/h15-16,19-20H,3-14H2,1-2H3. The zero-order chi connectivity index (χ0) is 14.8. The first-order valence-electron chi connectivity index (χ1n) is 9.04. The summed E-state index contributed by atoms with van der Waals surface area (Å²) in [5.41, 5.74) is 1.34. The van der Waals surface area contributed by atoms with Crippen molar-refractivity contribution >= 4 is 0 Å². The molecule has 0 heterocycles. The Morgan fingerprint density at radius 1 is 1.00 bits per heavy atom. The third-order valence-electron chi connectivity index (χ3n) is 6.16. The van der Waals surface area contributed by atoms with Crippen molar-refractivity contribution in [3.05, 3.63) is 0 Å². The van der Waals surface area contributed by atoms with Crippen molar-refractivity contribution in [2.45, 2.75) is 51.9 Å². The molecule has 2 atom stereocenters. The van der Waals surface area contributed by atoms with Crippen LogP contribution >= 0.6 is 0 Å². The fourth-order valence-corrected chi connectivity index (χ4v) is 6.13. The summed E-state index contributed by atoms with van der Waals surface area (Å²) < 4.78 is 5.04. The zero-order valence-corrected chi connectivity index (χ0v) is 14.0. The summed E-state index contributed by atoms with van der Waals surface area (Å²) >= 11 is 0. The lowest BCUT2D eigenvalue weighted by Crippen LogP contribution is -2.54. The van der Waals surface area contributed by atoms with E-state index in [1.165, 1.54) is 45.1 Å². The smallest absolute Gasteiger partial charge is 0.0587 e. The minimum atomic E-state index is 0.655. The van der Waals surface area contributed by atoms with Gasteiger partial charge in [-0.1, -0.05) is 6.92 Å². The van der Waals surface area contributed by atoms with Crippen LogP contribution in [0, 0.1) is 22.7 Å². The molecule has 0 saturated heterocycles. The van der Waals surface area contributed by atoms with E-state index in [2.05, 4.69) is 17.6 Å². The van der Waals surface area contributed by atoms with E-state index in [0.717, 1.165) is 38.1 Å². The Morgan fingerprint density at radius 3 is 2.38 bits per heavy atom. The molecule has 0 amide bonds. The van der Waals surface area contributed by atoms with Crippen LogP contribution in [0.25, 0.3) is 0 Å². The Morgan fingerprint density at radius 2 is 1.71 bits per heavy atom. The number of nitrogens with one attached hydrogen (secondary N) is 2. The lowest BCUT2D eigenvalue weighted by molar-refractivity contribution is -0.0997. The maximum atomic E-state index is 5.04. The molecule has 0 spiro atoms. The van der Waals surface area contributed by atoms with Gasteiger partial charge in [0.2, 0.25) is 0 Å². The summed E-state index contributed by atoms with van der Waals surface area (Å²) in [5.74, 6) is 2.10. The summed E-state index contributed by atoms with van der Waals surface area (Å²) in [4.78, 5) is 0. The van der Waals surface area contributed by atoms with Gasteiger partial charge in [-0.15, -0.1) is 0 Å². The summed E-state index contributed by atoms with van der Waals surface area (Å²) in [7, 11) is 1.76. The van der Waals surface area contributed by atoms with Crippen LogP contribution in [0.1, 0.15) is 51.9 Å². The van der Waals surface area contributed by atoms with Gasteiger partial charge in [-0.3, -0.25) is 0 Å². The van der Waals surface area contributed by atoms with Gasteiger partial charge in [0.05, 0.1) is 6.61 Å². The van der Waals surface area contributed by atoms with Gasteiger partial charge in [0, 0.05) is 20.2 Å². The van der Waals surface area contributed by atoms with Crippen LogP contribution < -0.4 is 10.6 Å². The summed E-state index contributed by atoms with van der Waals surface area (Å²) in [6.07, 6.45) is 10.3. The van der Waals surface area contributed by atoms with E-state index in [1.807, 2.05) is 0 Å². The highest BCUT2D eigenvalue weighted by atomic mass is 16.5. The predicted octanol–water partition coefficient (Wildman–Crippen LogP) is 2.81. The van der Waals surface area contributed by atoms with Gasteiger partial charge in [-0.2, -0.15) is 0 Å². The summed E-state index contributed by atoms with van der Waals surface area (Å²) in [6.45, 7) is 7.90. The van der Waals surface area contributed by atoms with E-state index in [1.54, 1.807) is 13.5 Å². The van der Waals surface area contributed by atoms with Crippen LogP contribution in [0.15, 0.2) is 0 Å². The molecule has 4 aliphatic rings. The van der Waals surface area contributed by atoms with Gasteiger partial charge in [-0.05, 0) is 80.7 Å². The van der Waals surface area contributed by atoms with Gasteiger partial charge >= 0.3 is 0 Å². The molecule has 3 heteroatoms. The van der Waals surface area contributed by atoms with Gasteiger partial charge in [-0.25, -0.2) is 0 Å². The maximum Gasteiger partial charge on any atom is 0.0587 e. The molecule has 4 saturated carbocycles. The molecular formula is C18H34N2O. The van der Waals surface area contributed by atoms with E-state index in [-0.39, 0.29) is 0 Å². The molecule has 2 unspecified atom stereocenters. The molecule has 122 valence electrons. The van der Waals surface area contributed by atoms with Crippen molar-refractivity contribution in [1.82, 2.24) is 10.6 Å². The molecule has 4 rings (SSSR count). The first-order valence-corrected chi connectivity index (χ1v) is 9.04. The maximum absolute atomic E-state index is 5.04. The van der Waals surface area contributed by atoms with E-state index >= 15 is 0 Å². The van der Waals surface area contributed by atoms with Crippen molar-refractivity contribution in [2.75, 3.05) is 39.9 Å². The number of hydrogen-bond acceptors (Lipinski definition) is 3. The van der Waals surface area contributed by atoms with Crippen LogP contribution in [0.5, 0.6) is 0 Å². The van der Waals surface area contributed by atoms with Crippen molar-refractivity contribution in [3.63, 3.8) is 0 Å². The number of rotatable bonds is 9. The largest absolute Gasteiger partial charge is 0.383 e. The topological polar surface area (TPSA) is 33.3 Å². The second-order valence-electron chi connectivity index (χ2n) is 8.54. The predicted molar refractivity (Wildman–Crippen MR) is 87.5 cm³/mol. The Hall–Kier alpha value is -0.120. The third kappa shape index (κ3) is 3.80. The highest BCUT2D eigenvalue weighted by molar-refractivity contribution is 5.06. The van der Waals surface area contributed by atoms with Crippen molar-refractivity contribution < 1.29 is 4.74 Å². The minimum absolute atomic E-state index is 0.655. The second kappa shape index (κ2) is 6.55. The zero-order valence-electron chi connectivity index (χ0n) is 14.0. The molecule has 4 aliphatic carbocycles. The van der Waals surface area contributed by atoms with Crippen LogP contribution in [0.4, 0.5) is 0 Å². The molecule has 21 heavy (non-hydrogen) atoms. The first-order chi connectivity index (χ1) is 10.1. The Balaban J connectivity index is 1.36. The lowest BCUT2D eigenvalue weighted by Gasteiger charge is -2.61. The van der Waals surface area contributed by atoms with E-state index in [9.17, 15) is 0 Å². The van der Waals surface area contributed by atoms with Gasteiger partial charge in [0.1, 0.15) is 0 Å². The van der Waals surface area contributed by atoms with E-state index < -0.39 is 0 Å². The molecule has 4 bridgehead atoms. The fourth-order valence-electron chi connectivity index (χ4n) is 6.13. The van der Waals surface area contributed by atoms with Crippen molar-refractivity contribution in [2.24, 2.45) is 22.7 Å². The van der Waals surface area contributed by atoms with Gasteiger partial charge < -0.3 is 15.4 Å². The fraction of sp³-hybridized carbons (Fsp3) is 1.00. The molecule has 0 aromatic rings. The first kappa shape index (κ1) is 15.8. The van der Waals surface area contributed by atoms with Crippen LogP contribution in [-0.2, 0) is 4.74 Å². The quantitative estimate of drug-likeness (QED) is 0.642. The van der Waals surface area contributed by atoms with Crippen molar-refractivity contribution in [3.8, 4) is 0 Å². The van der Waals surface area contributed by atoms with Crippen LogP contribution in [-0.4, -0.2) is 39.9 Å². The van der Waals surface area contributed by atoms with E-state index in [4.69, 9.17) is 4.74 Å². The Bertz CT molecular complexity index is 330. The van der Waals surface area contributed by atoms with Gasteiger partial charge in [0.25, 0.3) is 0 Å². The normalized spacial score (nSPS) is 40.9. The number of ether oxygens (including phenoxy) is 1. The SMILES string of the molecule is COCCNCCCNCC12CC3CC(CC(C)(C3)C1)C2. The highest BCUT2D eigenvalue weighted by Gasteiger charge is 2.55. The molecular weight excluding hydrogens is 260 g/mol. The lowest BCUT2D eigenvalue weighted by atomic mass is 9.44. The van der Waals surface area contributed by atoms with Crippen LogP contribution in [0.3, 0.4) is 0 Å². The van der Waals surface area contributed by atoms with E-state index in [0.29, 0.717) is 10.8 Å². The van der Waals surface area contributed by atoms with Gasteiger partial charge in [0.15, 0.2) is 0 Å². The summed E-state index contributed by atoms with van der Waals surface area (Å²) in [5, 5.41) is 7.20. The average Bonchev–Trinajstić information content (AvgIpc) is 2.39. The molecule has 3 nitrogen and oxygen atoms in total. The average molecular weight is 294 g/mol. The monoisotopic (exact) mass is 294 g/mol. The van der Waals surface area contributed by atoms with Crippen molar-refractivity contribution in [1.29, 1.82) is 0 Å². The molecule has 0 aromatic carbocycles. The molecule has 2 N–H and O–H groups in total. The molecule has 4 fully saturated rings. The minimum Gasteiger partial charge on any atom is -0.383 e. The third-order valence-corrected chi connectivity index (χ3v) is 6.16. The van der Waals surface area contributed by atoms with Crippen LogP contribution in [0.2, 0.25) is 0 Å². The number of hydrogen-bond donors (Lipinski definition) is 2. The molecule has 0 aliphatic heterocycles.